The van der Waals surface area contributed by atoms with Crippen molar-refractivity contribution < 1.29 is 4.74 Å². The molecular weight excluding hydrogens is 489 g/mol. The summed E-state index contributed by atoms with van der Waals surface area (Å²) in [7, 11) is 1.93. The third-order valence-electron chi connectivity index (χ3n) is 5.16. The summed E-state index contributed by atoms with van der Waals surface area (Å²) in [6.07, 6.45) is 3.66. The first-order valence-corrected chi connectivity index (χ1v) is 9.84. The minimum atomic E-state index is -0.0562. The number of guanidine groups is 1. The molecule has 0 amide bonds. The molecular formula is C20H29ClIN5O. The van der Waals surface area contributed by atoms with Crippen LogP contribution in [0.15, 0.2) is 41.5 Å². The Morgan fingerprint density at radius 2 is 2.00 bits per heavy atom. The van der Waals surface area contributed by atoms with E-state index in [1.807, 2.05) is 29.9 Å². The van der Waals surface area contributed by atoms with Gasteiger partial charge >= 0.3 is 0 Å². The summed E-state index contributed by atoms with van der Waals surface area (Å²) in [5.41, 5.74) is 2.20. The molecule has 1 aliphatic rings. The van der Waals surface area contributed by atoms with Crippen molar-refractivity contribution in [3.8, 4) is 0 Å². The van der Waals surface area contributed by atoms with Gasteiger partial charge < -0.3 is 15.4 Å². The molecule has 0 bridgehead atoms. The third-order valence-corrected chi connectivity index (χ3v) is 5.48. The largest absolute Gasteiger partial charge is 0.381 e. The Morgan fingerprint density at radius 1 is 1.25 bits per heavy atom. The molecule has 154 valence electrons. The lowest BCUT2D eigenvalue weighted by molar-refractivity contribution is 0.0514. The standard InChI is InChI=1S/C20H28ClN5O.HI/c1-3-22-19(23-14-16-8-11-25-26(16)2)24-15-20(9-12-27-13-10-20)17-6-4-5-7-18(17)21;/h4-8,11H,3,9-10,12-15H2,1-2H3,(H2,22,23,24);1H. The molecule has 2 heterocycles. The van der Waals surface area contributed by atoms with Crippen molar-refractivity contribution in [3.63, 3.8) is 0 Å². The number of aryl methyl sites for hydroxylation is 1. The second-order valence-electron chi connectivity index (χ2n) is 6.87. The molecule has 2 aromatic rings. The summed E-state index contributed by atoms with van der Waals surface area (Å²) in [6, 6.07) is 10.1. The van der Waals surface area contributed by atoms with Gasteiger partial charge in [0.1, 0.15) is 0 Å². The van der Waals surface area contributed by atoms with Crippen LogP contribution in [-0.4, -0.2) is 42.0 Å². The van der Waals surface area contributed by atoms with Crippen LogP contribution < -0.4 is 10.6 Å². The molecule has 1 fully saturated rings. The fourth-order valence-electron chi connectivity index (χ4n) is 3.51. The molecule has 0 aliphatic carbocycles. The average Bonchev–Trinajstić information content (AvgIpc) is 3.10. The molecule has 0 unspecified atom stereocenters. The highest BCUT2D eigenvalue weighted by Crippen LogP contribution is 2.38. The smallest absolute Gasteiger partial charge is 0.191 e. The maximum Gasteiger partial charge on any atom is 0.191 e. The van der Waals surface area contributed by atoms with Gasteiger partial charge in [0.2, 0.25) is 0 Å². The zero-order valence-corrected chi connectivity index (χ0v) is 19.5. The molecule has 3 rings (SSSR count). The van der Waals surface area contributed by atoms with E-state index < -0.39 is 0 Å². The molecule has 1 aliphatic heterocycles. The van der Waals surface area contributed by atoms with E-state index in [9.17, 15) is 0 Å². The van der Waals surface area contributed by atoms with E-state index in [0.29, 0.717) is 6.54 Å². The zero-order chi connectivity index (χ0) is 19.1. The third kappa shape index (κ3) is 5.61. The number of aliphatic imine (C=N–C) groups is 1. The number of nitrogens with zero attached hydrogens (tertiary/aromatic N) is 3. The maximum atomic E-state index is 6.55. The fraction of sp³-hybridized carbons (Fsp3) is 0.500. The van der Waals surface area contributed by atoms with Gasteiger partial charge in [-0.3, -0.25) is 4.68 Å². The lowest BCUT2D eigenvalue weighted by atomic mass is 9.74. The second-order valence-corrected chi connectivity index (χ2v) is 7.27. The van der Waals surface area contributed by atoms with Crippen LogP contribution in [0.5, 0.6) is 0 Å². The molecule has 8 heteroatoms. The Kier molecular flexibility index (Phi) is 9.04. The molecule has 0 saturated carbocycles. The Labute approximate surface area is 189 Å². The molecule has 2 N–H and O–H groups in total. The molecule has 0 radical (unpaired) electrons. The molecule has 6 nitrogen and oxygen atoms in total. The van der Waals surface area contributed by atoms with E-state index >= 15 is 0 Å². The van der Waals surface area contributed by atoms with Crippen LogP contribution in [0.3, 0.4) is 0 Å². The Balaban J connectivity index is 0.00000280. The van der Waals surface area contributed by atoms with E-state index in [0.717, 1.165) is 55.8 Å². The van der Waals surface area contributed by atoms with Crippen LogP contribution in [0, 0.1) is 0 Å². The second kappa shape index (κ2) is 11.0. The van der Waals surface area contributed by atoms with E-state index in [1.54, 1.807) is 6.20 Å². The van der Waals surface area contributed by atoms with Gasteiger partial charge in [0.15, 0.2) is 5.96 Å². The number of nitrogens with one attached hydrogen (secondary N) is 2. The number of rotatable bonds is 6. The van der Waals surface area contributed by atoms with Gasteiger partial charge in [-0.1, -0.05) is 29.8 Å². The monoisotopic (exact) mass is 517 g/mol. The molecule has 1 saturated heterocycles. The van der Waals surface area contributed by atoms with E-state index in [1.165, 1.54) is 5.56 Å². The van der Waals surface area contributed by atoms with E-state index in [-0.39, 0.29) is 29.4 Å². The number of ether oxygens (including phenoxy) is 1. The van der Waals surface area contributed by atoms with Gasteiger partial charge in [0.25, 0.3) is 0 Å². The summed E-state index contributed by atoms with van der Waals surface area (Å²) in [6.45, 7) is 5.70. The first-order valence-electron chi connectivity index (χ1n) is 9.46. The highest BCUT2D eigenvalue weighted by Gasteiger charge is 2.36. The molecule has 1 aromatic carbocycles. The SMILES string of the molecule is CCNC(=NCc1ccnn1C)NCC1(c2ccccc2Cl)CCOCC1.I. The minimum absolute atomic E-state index is 0. The predicted octanol–water partition coefficient (Wildman–Crippen LogP) is 3.50. The highest BCUT2D eigenvalue weighted by atomic mass is 127. The van der Waals surface area contributed by atoms with Gasteiger partial charge in [-0.25, -0.2) is 4.99 Å². The van der Waals surface area contributed by atoms with Crippen molar-refractivity contribution in [2.75, 3.05) is 26.3 Å². The van der Waals surface area contributed by atoms with Crippen molar-refractivity contribution in [2.45, 2.75) is 31.7 Å². The Hall–Kier alpha value is -1.32. The van der Waals surface area contributed by atoms with Crippen LogP contribution in [0.4, 0.5) is 0 Å². The lowest BCUT2D eigenvalue weighted by Gasteiger charge is -2.38. The summed E-state index contributed by atoms with van der Waals surface area (Å²) in [4.78, 5) is 4.72. The summed E-state index contributed by atoms with van der Waals surface area (Å²) >= 11 is 6.55. The number of aromatic nitrogens is 2. The molecule has 0 atom stereocenters. The first kappa shape index (κ1) is 23.0. The van der Waals surface area contributed by atoms with Gasteiger partial charge in [-0.05, 0) is 37.5 Å². The lowest BCUT2D eigenvalue weighted by Crippen LogP contribution is -2.48. The van der Waals surface area contributed by atoms with Crippen molar-refractivity contribution in [3.05, 3.63) is 52.8 Å². The first-order chi connectivity index (χ1) is 13.1. The molecule has 1 aromatic heterocycles. The quantitative estimate of drug-likeness (QED) is 0.350. The van der Waals surface area contributed by atoms with Gasteiger partial charge in [-0.2, -0.15) is 5.10 Å². The number of hydrogen-bond acceptors (Lipinski definition) is 3. The van der Waals surface area contributed by atoms with Crippen molar-refractivity contribution in [1.82, 2.24) is 20.4 Å². The maximum absolute atomic E-state index is 6.55. The fourth-order valence-corrected chi connectivity index (χ4v) is 3.84. The van der Waals surface area contributed by atoms with Crippen molar-refractivity contribution in [1.29, 1.82) is 0 Å². The van der Waals surface area contributed by atoms with Gasteiger partial charge in [0, 0.05) is 50.0 Å². The normalized spacial score (nSPS) is 16.3. The summed E-state index contributed by atoms with van der Waals surface area (Å²) in [5, 5.41) is 11.9. The Morgan fingerprint density at radius 3 is 2.64 bits per heavy atom. The van der Waals surface area contributed by atoms with Crippen LogP contribution in [0.1, 0.15) is 31.0 Å². The summed E-state index contributed by atoms with van der Waals surface area (Å²) in [5.74, 6) is 0.802. The van der Waals surface area contributed by atoms with Crippen LogP contribution in [0.25, 0.3) is 0 Å². The van der Waals surface area contributed by atoms with E-state index in [2.05, 4.69) is 34.8 Å². The van der Waals surface area contributed by atoms with Gasteiger partial charge in [-0.15, -0.1) is 24.0 Å². The Bertz CT molecular complexity index is 773. The van der Waals surface area contributed by atoms with Crippen molar-refractivity contribution >= 4 is 41.5 Å². The summed E-state index contributed by atoms with van der Waals surface area (Å²) < 4.78 is 7.47. The average molecular weight is 518 g/mol. The highest BCUT2D eigenvalue weighted by molar-refractivity contribution is 14.0. The van der Waals surface area contributed by atoms with Crippen LogP contribution in [0.2, 0.25) is 5.02 Å². The van der Waals surface area contributed by atoms with Crippen molar-refractivity contribution in [2.24, 2.45) is 12.0 Å². The van der Waals surface area contributed by atoms with Gasteiger partial charge in [0.05, 0.1) is 12.2 Å². The minimum Gasteiger partial charge on any atom is -0.381 e. The molecule has 28 heavy (non-hydrogen) atoms. The van der Waals surface area contributed by atoms with Crippen LogP contribution in [-0.2, 0) is 23.7 Å². The predicted molar refractivity (Wildman–Crippen MR) is 125 cm³/mol. The topological polar surface area (TPSA) is 63.5 Å². The molecule has 0 spiro atoms. The van der Waals surface area contributed by atoms with E-state index in [4.69, 9.17) is 21.3 Å². The number of benzene rings is 1. The van der Waals surface area contributed by atoms with Crippen LogP contribution >= 0.6 is 35.6 Å². The number of hydrogen-bond donors (Lipinski definition) is 2. The number of halogens is 2. The zero-order valence-electron chi connectivity index (χ0n) is 16.4.